The summed E-state index contributed by atoms with van der Waals surface area (Å²) >= 11 is 1.67. The molecule has 26 heavy (non-hydrogen) atoms. The topological polar surface area (TPSA) is 48.7 Å². The Hall–Kier alpha value is -2.49. The largest absolute Gasteiger partial charge is 0.493 e. The van der Waals surface area contributed by atoms with Crippen LogP contribution in [0.1, 0.15) is 10.4 Å². The molecule has 0 saturated carbocycles. The normalized spacial score (nSPS) is 11.3. The van der Waals surface area contributed by atoms with E-state index < -0.39 is 0 Å². The van der Waals surface area contributed by atoms with Crippen LogP contribution in [0.15, 0.2) is 30.3 Å². The number of likely N-dealkylation sites (N-methyl/N-ethyl adjacent to an activating group) is 2. The number of benzene rings is 1. The van der Waals surface area contributed by atoms with Gasteiger partial charge in [-0.3, -0.25) is 0 Å². The van der Waals surface area contributed by atoms with E-state index in [1.807, 2.05) is 30.3 Å². The molecule has 0 aliphatic heterocycles. The van der Waals surface area contributed by atoms with Crippen LogP contribution in [0.2, 0.25) is 0 Å². The van der Waals surface area contributed by atoms with Crippen LogP contribution in [-0.2, 0) is 0 Å². The first kappa shape index (κ1) is 19.8. The monoisotopic (exact) mass is 371 g/mol. The Morgan fingerprint density at radius 2 is 1.81 bits per heavy atom. The molecule has 0 saturated heterocycles. The first-order chi connectivity index (χ1) is 12.5. The molecule has 6 heteroatoms. The van der Waals surface area contributed by atoms with Gasteiger partial charge in [0.05, 0.1) is 30.9 Å². The molecule has 2 aromatic rings. The molecule has 0 fully saturated rings. The van der Waals surface area contributed by atoms with Crippen molar-refractivity contribution in [1.29, 1.82) is 5.26 Å². The van der Waals surface area contributed by atoms with E-state index in [4.69, 9.17) is 9.47 Å². The van der Waals surface area contributed by atoms with Crippen molar-refractivity contribution in [3.63, 3.8) is 0 Å². The van der Waals surface area contributed by atoms with E-state index in [9.17, 15) is 5.26 Å². The van der Waals surface area contributed by atoms with Crippen LogP contribution in [0.3, 0.4) is 0 Å². The van der Waals surface area contributed by atoms with Gasteiger partial charge in [-0.2, -0.15) is 5.26 Å². The van der Waals surface area contributed by atoms with E-state index in [-0.39, 0.29) is 0 Å². The van der Waals surface area contributed by atoms with E-state index in [1.165, 1.54) is 5.00 Å². The molecule has 2 rings (SSSR count). The number of thiophene rings is 1. The summed E-state index contributed by atoms with van der Waals surface area (Å²) in [5, 5.41) is 10.8. The van der Waals surface area contributed by atoms with Gasteiger partial charge < -0.3 is 19.3 Å². The first-order valence-electron chi connectivity index (χ1n) is 8.28. The summed E-state index contributed by atoms with van der Waals surface area (Å²) in [6.45, 7) is 1.95. The second-order valence-electron chi connectivity index (χ2n) is 6.14. The van der Waals surface area contributed by atoms with Crippen molar-refractivity contribution in [2.75, 3.05) is 53.4 Å². The van der Waals surface area contributed by atoms with Crippen LogP contribution in [0, 0.1) is 11.3 Å². The smallest absolute Gasteiger partial charge is 0.161 e. The average Bonchev–Trinajstić information content (AvgIpc) is 3.12. The average molecular weight is 372 g/mol. The Morgan fingerprint density at radius 1 is 1.08 bits per heavy atom. The highest BCUT2D eigenvalue weighted by molar-refractivity contribution is 7.17. The number of methoxy groups -OCH3 is 2. The summed E-state index contributed by atoms with van der Waals surface area (Å²) in [6.07, 6.45) is 1.91. The third kappa shape index (κ3) is 5.01. The fourth-order valence-electron chi connectivity index (χ4n) is 2.41. The molecule has 1 aromatic heterocycles. The number of nitriles is 1. The van der Waals surface area contributed by atoms with Gasteiger partial charge in [-0.15, -0.1) is 11.3 Å². The van der Waals surface area contributed by atoms with E-state index in [2.05, 4.69) is 43.1 Å². The van der Waals surface area contributed by atoms with Gasteiger partial charge in [-0.05, 0) is 56.1 Å². The highest BCUT2D eigenvalue weighted by atomic mass is 32.1. The maximum Gasteiger partial charge on any atom is 0.161 e. The summed E-state index contributed by atoms with van der Waals surface area (Å²) < 4.78 is 10.6. The van der Waals surface area contributed by atoms with Gasteiger partial charge in [0, 0.05) is 25.0 Å². The van der Waals surface area contributed by atoms with Crippen molar-refractivity contribution in [2.24, 2.45) is 0 Å². The molecular formula is C20H25N3O2S. The van der Waals surface area contributed by atoms with Crippen molar-refractivity contribution in [1.82, 2.24) is 4.90 Å². The SMILES string of the molecule is COc1ccc(/C(C#N)=C/c2ccc(N(C)CCN(C)C)s2)cc1OC. The zero-order chi connectivity index (χ0) is 19.1. The van der Waals surface area contributed by atoms with Crippen molar-refractivity contribution >= 4 is 28.0 Å². The van der Waals surface area contributed by atoms with Crippen LogP contribution in [-0.4, -0.2) is 53.4 Å². The second kappa shape index (κ2) is 9.27. The van der Waals surface area contributed by atoms with Crippen LogP contribution in [0.4, 0.5) is 5.00 Å². The minimum absolute atomic E-state index is 0.593. The van der Waals surface area contributed by atoms with E-state index in [1.54, 1.807) is 25.6 Å². The van der Waals surface area contributed by atoms with Gasteiger partial charge in [-0.1, -0.05) is 0 Å². The molecule has 0 N–H and O–H groups in total. The molecule has 5 nitrogen and oxygen atoms in total. The second-order valence-corrected chi connectivity index (χ2v) is 7.23. The lowest BCUT2D eigenvalue weighted by Gasteiger charge is -2.19. The Bertz CT molecular complexity index is 806. The number of allylic oxidation sites excluding steroid dienone is 1. The highest BCUT2D eigenvalue weighted by Crippen LogP contribution is 2.32. The van der Waals surface area contributed by atoms with Crippen LogP contribution in [0.5, 0.6) is 11.5 Å². The zero-order valence-electron chi connectivity index (χ0n) is 15.9. The number of hydrogen-bond acceptors (Lipinski definition) is 6. The molecule has 0 radical (unpaired) electrons. The van der Waals surface area contributed by atoms with Gasteiger partial charge in [0.15, 0.2) is 11.5 Å². The van der Waals surface area contributed by atoms with Crippen molar-refractivity contribution in [3.05, 3.63) is 40.8 Å². The van der Waals surface area contributed by atoms with E-state index in [0.717, 1.165) is 23.5 Å². The maximum atomic E-state index is 9.59. The van der Waals surface area contributed by atoms with Crippen LogP contribution < -0.4 is 14.4 Å². The molecule has 1 heterocycles. The Balaban J connectivity index is 2.23. The minimum Gasteiger partial charge on any atom is -0.493 e. The predicted molar refractivity (Wildman–Crippen MR) is 109 cm³/mol. The van der Waals surface area contributed by atoms with Gasteiger partial charge in [0.1, 0.15) is 0 Å². The number of ether oxygens (including phenoxy) is 2. The maximum absolute atomic E-state index is 9.59. The summed E-state index contributed by atoms with van der Waals surface area (Å²) in [6, 6.07) is 11.9. The fourth-order valence-corrected chi connectivity index (χ4v) is 3.35. The lowest BCUT2D eigenvalue weighted by molar-refractivity contribution is 0.355. The number of anilines is 1. The minimum atomic E-state index is 0.593. The zero-order valence-corrected chi connectivity index (χ0v) is 16.8. The number of nitrogens with zero attached hydrogens (tertiary/aromatic N) is 3. The summed E-state index contributed by atoms with van der Waals surface area (Å²) in [5.41, 5.74) is 1.40. The lowest BCUT2D eigenvalue weighted by Crippen LogP contribution is -2.27. The number of rotatable bonds is 8. The highest BCUT2D eigenvalue weighted by Gasteiger charge is 2.10. The van der Waals surface area contributed by atoms with E-state index in [0.29, 0.717) is 17.1 Å². The van der Waals surface area contributed by atoms with E-state index >= 15 is 0 Å². The third-order valence-corrected chi connectivity index (χ3v) is 5.12. The van der Waals surface area contributed by atoms with Crippen LogP contribution in [0.25, 0.3) is 11.6 Å². The molecule has 0 amide bonds. The quantitative estimate of drug-likeness (QED) is 0.660. The standard InChI is InChI=1S/C20H25N3O2S/c1-22(2)10-11-23(3)20-9-7-17(26-20)12-16(14-21)15-6-8-18(24-4)19(13-15)25-5/h6-9,12-13H,10-11H2,1-5H3/b16-12+. The molecule has 1 aromatic carbocycles. The predicted octanol–water partition coefficient (Wildman–Crippen LogP) is 3.83. The molecule has 0 spiro atoms. The number of hydrogen-bond donors (Lipinski definition) is 0. The van der Waals surface area contributed by atoms with Gasteiger partial charge in [0.2, 0.25) is 0 Å². The summed E-state index contributed by atoms with van der Waals surface area (Å²) in [7, 11) is 9.41. The summed E-state index contributed by atoms with van der Waals surface area (Å²) in [5.74, 6) is 1.26. The third-order valence-electron chi connectivity index (χ3n) is 3.97. The molecular weight excluding hydrogens is 346 g/mol. The van der Waals surface area contributed by atoms with Crippen molar-refractivity contribution < 1.29 is 9.47 Å². The van der Waals surface area contributed by atoms with Gasteiger partial charge in [-0.25, -0.2) is 0 Å². The molecule has 0 bridgehead atoms. The van der Waals surface area contributed by atoms with Crippen molar-refractivity contribution in [2.45, 2.75) is 0 Å². The van der Waals surface area contributed by atoms with Gasteiger partial charge in [0.25, 0.3) is 0 Å². The molecule has 0 aliphatic rings. The lowest BCUT2D eigenvalue weighted by atomic mass is 10.1. The van der Waals surface area contributed by atoms with Crippen molar-refractivity contribution in [3.8, 4) is 17.6 Å². The molecule has 0 aliphatic carbocycles. The summed E-state index contributed by atoms with van der Waals surface area (Å²) in [4.78, 5) is 5.43. The molecule has 138 valence electrons. The van der Waals surface area contributed by atoms with Crippen LogP contribution >= 0.6 is 11.3 Å². The Morgan fingerprint density at radius 3 is 2.42 bits per heavy atom. The van der Waals surface area contributed by atoms with Gasteiger partial charge >= 0.3 is 0 Å². The fraction of sp³-hybridized carbons (Fsp3) is 0.350. The molecule has 0 unspecified atom stereocenters. The Labute approximate surface area is 159 Å². The molecule has 0 atom stereocenters. The Kier molecular flexibility index (Phi) is 7.07. The first-order valence-corrected chi connectivity index (χ1v) is 9.10.